The van der Waals surface area contributed by atoms with E-state index in [1.165, 1.54) is 6.26 Å². The monoisotopic (exact) mass is 363 g/mol. The molecule has 0 saturated carbocycles. The number of rotatable bonds is 7. The summed E-state index contributed by atoms with van der Waals surface area (Å²) < 4.78 is 16.0. The second-order valence-corrected chi connectivity index (χ2v) is 5.94. The molecule has 0 aliphatic rings. The molecule has 0 aliphatic carbocycles. The third-order valence-corrected chi connectivity index (χ3v) is 4.02. The number of para-hydroxylation sites is 1. The van der Waals surface area contributed by atoms with Crippen molar-refractivity contribution in [1.82, 2.24) is 0 Å². The van der Waals surface area contributed by atoms with Crippen LogP contribution >= 0.6 is 0 Å². The Bertz CT molecular complexity index is 960. The zero-order valence-corrected chi connectivity index (χ0v) is 15.1. The molecule has 5 heteroatoms. The van der Waals surface area contributed by atoms with Gasteiger partial charge >= 0.3 is 5.97 Å². The van der Waals surface area contributed by atoms with E-state index in [1.54, 1.807) is 7.11 Å². The number of hydrogen-bond acceptors (Lipinski definition) is 5. The van der Waals surface area contributed by atoms with Gasteiger partial charge in [0.05, 0.1) is 7.11 Å². The Balaban J connectivity index is 1.56. The van der Waals surface area contributed by atoms with Gasteiger partial charge < -0.3 is 19.9 Å². The van der Waals surface area contributed by atoms with Crippen molar-refractivity contribution in [2.45, 2.75) is 6.42 Å². The fourth-order valence-corrected chi connectivity index (χ4v) is 2.74. The molecule has 0 heterocycles. The molecular weight excluding hydrogens is 342 g/mol. The molecule has 2 N–H and O–H groups in total. The molecule has 0 aliphatic heterocycles. The van der Waals surface area contributed by atoms with Crippen molar-refractivity contribution in [1.29, 1.82) is 0 Å². The molecule has 0 spiro atoms. The van der Waals surface area contributed by atoms with Gasteiger partial charge in [0.25, 0.3) is 0 Å². The predicted molar refractivity (Wildman–Crippen MR) is 105 cm³/mol. The van der Waals surface area contributed by atoms with Crippen LogP contribution in [0.1, 0.15) is 5.56 Å². The molecule has 3 aromatic carbocycles. The molecule has 0 radical (unpaired) electrons. The van der Waals surface area contributed by atoms with Crippen LogP contribution < -0.4 is 15.2 Å². The summed E-state index contributed by atoms with van der Waals surface area (Å²) in [4.78, 5) is 12.0. The highest BCUT2D eigenvalue weighted by Crippen LogP contribution is 2.25. The van der Waals surface area contributed by atoms with Gasteiger partial charge in [-0.05, 0) is 17.5 Å². The highest BCUT2D eigenvalue weighted by Gasteiger charge is 2.08. The first-order chi connectivity index (χ1) is 13.2. The van der Waals surface area contributed by atoms with Gasteiger partial charge in [-0.25, -0.2) is 4.79 Å². The number of fused-ring (bicyclic) bond motifs is 1. The first-order valence-corrected chi connectivity index (χ1v) is 8.54. The van der Waals surface area contributed by atoms with Gasteiger partial charge in [0.2, 0.25) is 0 Å². The molecule has 138 valence electrons. The van der Waals surface area contributed by atoms with Crippen LogP contribution in [-0.4, -0.2) is 19.7 Å². The minimum Gasteiger partial charge on any atom is -0.496 e. The molecule has 0 saturated heterocycles. The van der Waals surface area contributed by atoms with Crippen LogP contribution in [0.15, 0.2) is 78.7 Å². The van der Waals surface area contributed by atoms with E-state index in [9.17, 15) is 4.79 Å². The Hall–Kier alpha value is -3.47. The topological polar surface area (TPSA) is 70.8 Å². The lowest BCUT2D eigenvalue weighted by Crippen LogP contribution is -2.14. The normalized spacial score (nSPS) is 11.2. The number of ether oxygens (including phenoxy) is 3. The van der Waals surface area contributed by atoms with E-state index in [4.69, 9.17) is 19.9 Å². The van der Waals surface area contributed by atoms with Gasteiger partial charge in [0.15, 0.2) is 6.61 Å². The van der Waals surface area contributed by atoms with Crippen LogP contribution in [0.3, 0.4) is 0 Å². The SMILES string of the molecule is COc1ccccc1C/C(N)=C/OC(=O)COc1cccc2ccccc12. The molecule has 0 amide bonds. The molecule has 3 aromatic rings. The molecular formula is C22H21NO4. The Labute approximate surface area is 158 Å². The third kappa shape index (κ3) is 4.79. The standard InChI is InChI=1S/C22H21NO4/c1-25-20-11-5-3-8-17(20)13-18(23)14-27-22(24)15-26-21-12-6-9-16-7-2-4-10-19(16)21/h2-12,14H,13,15,23H2,1H3/b18-14-. The molecule has 27 heavy (non-hydrogen) atoms. The van der Waals surface area contributed by atoms with Crippen LogP contribution in [0.2, 0.25) is 0 Å². The number of benzene rings is 3. The van der Waals surface area contributed by atoms with Crippen LogP contribution in [0.4, 0.5) is 0 Å². The first-order valence-electron chi connectivity index (χ1n) is 8.54. The number of methoxy groups -OCH3 is 1. The largest absolute Gasteiger partial charge is 0.496 e. The van der Waals surface area contributed by atoms with Crippen molar-refractivity contribution >= 4 is 16.7 Å². The van der Waals surface area contributed by atoms with E-state index in [-0.39, 0.29) is 6.61 Å². The fraction of sp³-hybridized carbons (Fsp3) is 0.136. The maximum atomic E-state index is 12.0. The molecule has 0 fully saturated rings. The number of esters is 1. The van der Waals surface area contributed by atoms with Crippen molar-refractivity contribution in [3.05, 3.63) is 84.3 Å². The van der Waals surface area contributed by atoms with Crippen LogP contribution in [0.25, 0.3) is 10.8 Å². The van der Waals surface area contributed by atoms with Gasteiger partial charge in [-0.3, -0.25) is 0 Å². The van der Waals surface area contributed by atoms with E-state index in [0.717, 1.165) is 22.1 Å². The summed E-state index contributed by atoms with van der Waals surface area (Å²) in [6.07, 6.45) is 1.67. The molecule has 5 nitrogen and oxygen atoms in total. The van der Waals surface area contributed by atoms with E-state index < -0.39 is 5.97 Å². The van der Waals surface area contributed by atoms with Gasteiger partial charge in [0, 0.05) is 23.1 Å². The van der Waals surface area contributed by atoms with Crippen molar-refractivity contribution in [3.8, 4) is 11.5 Å². The predicted octanol–water partition coefficient (Wildman–Crippen LogP) is 3.81. The van der Waals surface area contributed by atoms with E-state index in [1.807, 2.05) is 66.7 Å². The summed E-state index contributed by atoms with van der Waals surface area (Å²) in [5, 5.41) is 1.99. The van der Waals surface area contributed by atoms with Gasteiger partial charge in [-0.1, -0.05) is 54.6 Å². The summed E-state index contributed by atoms with van der Waals surface area (Å²) in [5.41, 5.74) is 7.28. The lowest BCUT2D eigenvalue weighted by molar-refractivity contribution is -0.140. The van der Waals surface area contributed by atoms with Crippen LogP contribution in [0.5, 0.6) is 11.5 Å². The molecule has 0 bridgehead atoms. The number of hydrogen-bond donors (Lipinski definition) is 1. The van der Waals surface area contributed by atoms with Crippen molar-refractivity contribution in [3.63, 3.8) is 0 Å². The summed E-state index contributed by atoms with van der Waals surface area (Å²) in [6, 6.07) is 21.0. The highest BCUT2D eigenvalue weighted by atomic mass is 16.6. The zero-order chi connectivity index (χ0) is 19.1. The molecule has 0 aromatic heterocycles. The summed E-state index contributed by atoms with van der Waals surface area (Å²) in [7, 11) is 1.60. The van der Waals surface area contributed by atoms with Gasteiger partial charge in [-0.2, -0.15) is 0 Å². The van der Waals surface area contributed by atoms with Crippen molar-refractivity contribution in [2.75, 3.05) is 13.7 Å². The van der Waals surface area contributed by atoms with Crippen LogP contribution in [-0.2, 0) is 16.0 Å². The molecule has 0 unspecified atom stereocenters. The quantitative estimate of drug-likeness (QED) is 0.510. The number of nitrogens with two attached hydrogens (primary N) is 1. The van der Waals surface area contributed by atoms with Gasteiger partial charge in [-0.15, -0.1) is 0 Å². The smallest absolute Gasteiger partial charge is 0.349 e. The van der Waals surface area contributed by atoms with Gasteiger partial charge in [0.1, 0.15) is 17.8 Å². The number of allylic oxidation sites excluding steroid dienone is 1. The second kappa shape index (κ2) is 8.76. The lowest BCUT2D eigenvalue weighted by atomic mass is 10.1. The Kier molecular flexibility index (Phi) is 5.94. The Morgan fingerprint density at radius 1 is 0.963 bits per heavy atom. The molecule has 3 rings (SSSR count). The van der Waals surface area contributed by atoms with E-state index in [0.29, 0.717) is 17.9 Å². The second-order valence-electron chi connectivity index (χ2n) is 5.94. The van der Waals surface area contributed by atoms with E-state index >= 15 is 0 Å². The lowest BCUT2D eigenvalue weighted by Gasteiger charge is -2.09. The minimum atomic E-state index is -0.522. The number of carbonyl (C=O) groups is 1. The zero-order valence-electron chi connectivity index (χ0n) is 15.1. The summed E-state index contributed by atoms with van der Waals surface area (Å²) in [5.74, 6) is 0.849. The minimum absolute atomic E-state index is 0.202. The van der Waals surface area contributed by atoms with Crippen molar-refractivity contribution in [2.24, 2.45) is 5.73 Å². The van der Waals surface area contributed by atoms with Crippen LogP contribution in [0, 0.1) is 0 Å². The maximum Gasteiger partial charge on any atom is 0.349 e. The van der Waals surface area contributed by atoms with Crippen molar-refractivity contribution < 1.29 is 19.0 Å². The molecule has 0 atom stereocenters. The first kappa shape index (κ1) is 18.3. The Morgan fingerprint density at radius 2 is 1.67 bits per heavy atom. The average molecular weight is 363 g/mol. The third-order valence-electron chi connectivity index (χ3n) is 4.02. The Morgan fingerprint density at radius 3 is 2.52 bits per heavy atom. The highest BCUT2D eigenvalue weighted by molar-refractivity contribution is 5.88. The van der Waals surface area contributed by atoms with E-state index in [2.05, 4.69) is 0 Å². The maximum absolute atomic E-state index is 12.0. The average Bonchev–Trinajstić information content (AvgIpc) is 2.71. The number of carbonyl (C=O) groups excluding carboxylic acids is 1. The summed E-state index contributed by atoms with van der Waals surface area (Å²) >= 11 is 0. The fourth-order valence-electron chi connectivity index (χ4n) is 2.74. The summed E-state index contributed by atoms with van der Waals surface area (Å²) in [6.45, 7) is -0.202.